The van der Waals surface area contributed by atoms with Crippen LogP contribution in [0.25, 0.3) is 11.0 Å². The van der Waals surface area contributed by atoms with Crippen molar-refractivity contribution in [1.29, 1.82) is 0 Å². The molecule has 0 aliphatic rings. The maximum atomic E-state index is 12.4. The Morgan fingerprint density at radius 2 is 1.74 bits per heavy atom. The maximum absolute atomic E-state index is 12.4. The van der Waals surface area contributed by atoms with Crippen LogP contribution in [0.1, 0.15) is 28.5 Å². The van der Waals surface area contributed by atoms with Crippen LogP contribution in [0.2, 0.25) is 0 Å². The number of carbonyl (C=O) groups is 2. The Morgan fingerprint density at radius 3 is 2.45 bits per heavy atom. The average Bonchev–Trinajstić information content (AvgIpc) is 2.76. The van der Waals surface area contributed by atoms with Gasteiger partial charge in [-0.05, 0) is 50.1 Å². The first kappa shape index (κ1) is 21.8. The van der Waals surface area contributed by atoms with Gasteiger partial charge in [-0.1, -0.05) is 12.1 Å². The molecule has 0 saturated heterocycles. The lowest BCUT2D eigenvalue weighted by Crippen LogP contribution is -2.47. The van der Waals surface area contributed by atoms with Gasteiger partial charge in [0.1, 0.15) is 17.1 Å². The van der Waals surface area contributed by atoms with E-state index in [0.29, 0.717) is 5.75 Å². The van der Waals surface area contributed by atoms with E-state index in [9.17, 15) is 19.2 Å². The fraction of sp³-hybridized carbons (Fsp3) is 0.286. The molecule has 3 aromatic rings. The third kappa shape index (κ3) is 4.18. The summed E-state index contributed by atoms with van der Waals surface area (Å²) in [4.78, 5) is 53.1. The number of benzene rings is 1. The van der Waals surface area contributed by atoms with E-state index in [0.717, 1.165) is 15.7 Å². The summed E-state index contributed by atoms with van der Waals surface area (Å²) < 4.78 is 7.82. The van der Waals surface area contributed by atoms with Gasteiger partial charge in [-0.25, -0.2) is 9.78 Å². The Bertz CT molecular complexity index is 1310. The highest BCUT2D eigenvalue weighted by molar-refractivity contribution is 5.95. The maximum Gasteiger partial charge on any atom is 0.332 e. The number of aryl methyl sites for hydroxylation is 2. The summed E-state index contributed by atoms with van der Waals surface area (Å²) in [7, 11) is 2.81. The first-order chi connectivity index (χ1) is 14.6. The summed E-state index contributed by atoms with van der Waals surface area (Å²) in [5, 5.41) is 0.195. The molecule has 0 fully saturated rings. The summed E-state index contributed by atoms with van der Waals surface area (Å²) in [5.74, 6) is -0.689. The van der Waals surface area contributed by atoms with Crippen LogP contribution in [-0.2, 0) is 18.9 Å². The van der Waals surface area contributed by atoms with E-state index in [4.69, 9.17) is 4.74 Å². The zero-order valence-electron chi connectivity index (χ0n) is 17.8. The van der Waals surface area contributed by atoms with Crippen LogP contribution >= 0.6 is 0 Å². The Kier molecular flexibility index (Phi) is 5.91. The second-order valence-corrected chi connectivity index (χ2v) is 7.17. The highest BCUT2D eigenvalue weighted by atomic mass is 16.5. The van der Waals surface area contributed by atoms with Crippen molar-refractivity contribution in [3.63, 3.8) is 0 Å². The number of nitrogens with one attached hydrogen (secondary N) is 2. The van der Waals surface area contributed by atoms with Crippen LogP contribution in [0.15, 0.2) is 39.9 Å². The van der Waals surface area contributed by atoms with E-state index in [2.05, 4.69) is 15.8 Å². The van der Waals surface area contributed by atoms with Crippen LogP contribution in [0.4, 0.5) is 0 Å². The molecule has 0 aliphatic carbocycles. The predicted octanol–water partition coefficient (Wildman–Crippen LogP) is 0.478. The zero-order chi connectivity index (χ0) is 22.9. The van der Waals surface area contributed by atoms with Gasteiger partial charge in [0.15, 0.2) is 6.10 Å². The molecule has 0 spiro atoms. The van der Waals surface area contributed by atoms with Gasteiger partial charge in [0, 0.05) is 14.1 Å². The number of nitrogens with zero attached hydrogens (tertiary/aromatic N) is 3. The van der Waals surface area contributed by atoms with Gasteiger partial charge in [-0.3, -0.25) is 34.4 Å². The fourth-order valence-electron chi connectivity index (χ4n) is 2.96. The Balaban J connectivity index is 1.72. The minimum atomic E-state index is -0.866. The molecule has 10 nitrogen and oxygen atoms in total. The van der Waals surface area contributed by atoms with Crippen LogP contribution in [0, 0.1) is 13.8 Å². The number of hydrogen-bond donors (Lipinski definition) is 2. The molecule has 0 saturated carbocycles. The van der Waals surface area contributed by atoms with E-state index in [1.165, 1.54) is 30.8 Å². The monoisotopic (exact) mass is 425 g/mol. The molecule has 1 atom stereocenters. The van der Waals surface area contributed by atoms with E-state index >= 15 is 0 Å². The topological polar surface area (TPSA) is 124 Å². The van der Waals surface area contributed by atoms with Crippen LogP contribution in [-0.4, -0.2) is 32.0 Å². The van der Waals surface area contributed by atoms with Crippen LogP contribution in [0.5, 0.6) is 5.75 Å². The van der Waals surface area contributed by atoms with Gasteiger partial charge < -0.3 is 4.74 Å². The summed E-state index contributed by atoms with van der Waals surface area (Å²) in [5.41, 5.74) is 5.43. The molecule has 0 aliphatic heterocycles. The molecule has 10 heteroatoms. The standard InChI is InChI=1S/C21H23N5O5/c1-11-7-6-8-16(12(11)2)31-13(3)18(27)23-24-19(28)15-10-9-14-17(22-15)25(4)21(30)26(5)20(14)29/h6-10,13H,1-5H3,(H,23,27)(H,24,28). The van der Waals surface area contributed by atoms with E-state index in [1.807, 2.05) is 26.0 Å². The minimum absolute atomic E-state index is 0.0682. The van der Waals surface area contributed by atoms with Gasteiger partial charge in [0.2, 0.25) is 0 Å². The average molecular weight is 425 g/mol. The van der Waals surface area contributed by atoms with Crippen molar-refractivity contribution in [2.75, 3.05) is 0 Å². The van der Waals surface area contributed by atoms with Crippen LogP contribution in [0.3, 0.4) is 0 Å². The Hall–Kier alpha value is -3.95. The van der Waals surface area contributed by atoms with Gasteiger partial charge in [-0.15, -0.1) is 0 Å². The first-order valence-electron chi connectivity index (χ1n) is 9.51. The number of fused-ring (bicyclic) bond motifs is 1. The van der Waals surface area contributed by atoms with Gasteiger partial charge in [0.25, 0.3) is 17.4 Å². The van der Waals surface area contributed by atoms with Crippen molar-refractivity contribution in [3.05, 3.63) is 68.0 Å². The summed E-state index contributed by atoms with van der Waals surface area (Å²) in [6.07, 6.45) is -0.866. The van der Waals surface area contributed by atoms with Crippen LogP contribution < -0.4 is 26.8 Å². The largest absolute Gasteiger partial charge is 0.481 e. The summed E-state index contributed by atoms with van der Waals surface area (Å²) >= 11 is 0. The molecule has 0 bridgehead atoms. The number of rotatable bonds is 4. The second-order valence-electron chi connectivity index (χ2n) is 7.17. The summed E-state index contributed by atoms with van der Waals surface area (Å²) in [6, 6.07) is 8.28. The first-order valence-corrected chi connectivity index (χ1v) is 9.51. The van der Waals surface area contributed by atoms with E-state index < -0.39 is 29.2 Å². The molecule has 31 heavy (non-hydrogen) atoms. The molecule has 2 heterocycles. The lowest BCUT2D eigenvalue weighted by Gasteiger charge is -2.17. The molecule has 3 rings (SSSR count). The highest BCUT2D eigenvalue weighted by Gasteiger charge is 2.18. The normalized spacial score (nSPS) is 11.8. The fourth-order valence-corrected chi connectivity index (χ4v) is 2.96. The molecule has 2 aromatic heterocycles. The Labute approximate surface area is 177 Å². The Morgan fingerprint density at radius 1 is 1.03 bits per heavy atom. The SMILES string of the molecule is Cc1cccc(OC(C)C(=O)NNC(=O)c2ccc3c(=O)n(C)c(=O)n(C)c3n2)c1C. The second kappa shape index (κ2) is 8.42. The highest BCUT2D eigenvalue weighted by Crippen LogP contribution is 2.21. The number of pyridine rings is 1. The molecule has 1 unspecified atom stereocenters. The van der Waals surface area contributed by atoms with Gasteiger partial charge in [0.05, 0.1) is 5.39 Å². The lowest BCUT2D eigenvalue weighted by molar-refractivity contribution is -0.128. The van der Waals surface area contributed by atoms with Gasteiger partial charge >= 0.3 is 5.69 Å². The van der Waals surface area contributed by atoms with Crippen molar-refractivity contribution < 1.29 is 14.3 Å². The zero-order valence-corrected chi connectivity index (χ0v) is 17.8. The van der Waals surface area contributed by atoms with Crippen molar-refractivity contribution >= 4 is 22.8 Å². The molecular weight excluding hydrogens is 402 g/mol. The molecule has 1 aromatic carbocycles. The third-order valence-electron chi connectivity index (χ3n) is 5.06. The molecule has 162 valence electrons. The minimum Gasteiger partial charge on any atom is -0.481 e. The van der Waals surface area contributed by atoms with Crippen molar-refractivity contribution in [2.24, 2.45) is 14.1 Å². The van der Waals surface area contributed by atoms with Crippen molar-refractivity contribution in [1.82, 2.24) is 25.0 Å². The molecule has 0 radical (unpaired) electrons. The quantitative estimate of drug-likeness (QED) is 0.586. The third-order valence-corrected chi connectivity index (χ3v) is 5.06. The van der Waals surface area contributed by atoms with Crippen molar-refractivity contribution in [3.8, 4) is 5.75 Å². The number of aromatic nitrogens is 3. The predicted molar refractivity (Wildman–Crippen MR) is 114 cm³/mol. The van der Waals surface area contributed by atoms with Gasteiger partial charge in [-0.2, -0.15) is 0 Å². The molecule has 2 amide bonds. The number of ether oxygens (including phenoxy) is 1. The number of hydrazine groups is 1. The summed E-state index contributed by atoms with van der Waals surface area (Å²) in [6.45, 7) is 5.39. The molecular formula is C21H23N5O5. The lowest BCUT2D eigenvalue weighted by atomic mass is 10.1. The number of carbonyl (C=O) groups excluding carboxylic acids is 2. The van der Waals surface area contributed by atoms with Crippen molar-refractivity contribution in [2.45, 2.75) is 26.9 Å². The van der Waals surface area contributed by atoms with E-state index in [1.54, 1.807) is 13.0 Å². The smallest absolute Gasteiger partial charge is 0.332 e. The molecule has 2 N–H and O–H groups in total. The number of amides is 2. The van der Waals surface area contributed by atoms with E-state index in [-0.39, 0.29) is 16.7 Å². The number of hydrogen-bond acceptors (Lipinski definition) is 6.